The lowest BCUT2D eigenvalue weighted by atomic mass is 10.2. The van der Waals surface area contributed by atoms with E-state index in [4.69, 9.17) is 13.9 Å². The van der Waals surface area contributed by atoms with Gasteiger partial charge in [0.05, 0.1) is 13.4 Å². The van der Waals surface area contributed by atoms with Gasteiger partial charge >= 0.3 is 5.97 Å². The second-order valence-electron chi connectivity index (χ2n) is 4.16. The van der Waals surface area contributed by atoms with Gasteiger partial charge in [0.15, 0.2) is 6.61 Å². The highest BCUT2D eigenvalue weighted by Crippen LogP contribution is 2.11. The zero-order valence-corrected chi connectivity index (χ0v) is 11.7. The van der Waals surface area contributed by atoms with Gasteiger partial charge in [0.2, 0.25) is 5.76 Å². The van der Waals surface area contributed by atoms with Crippen molar-refractivity contribution in [3.05, 3.63) is 54.0 Å². The number of rotatable bonds is 5. The number of methoxy groups -OCH3 is 1. The van der Waals surface area contributed by atoms with Gasteiger partial charge in [-0.2, -0.15) is 0 Å². The Morgan fingerprint density at radius 1 is 1.14 bits per heavy atom. The molecule has 1 aromatic carbocycles. The van der Waals surface area contributed by atoms with E-state index in [1.54, 1.807) is 12.1 Å². The van der Waals surface area contributed by atoms with Crippen LogP contribution in [0.5, 0.6) is 5.75 Å². The van der Waals surface area contributed by atoms with Gasteiger partial charge in [-0.25, -0.2) is 4.79 Å². The minimum atomic E-state index is -0.781. The number of carbonyl (C=O) groups is 3. The van der Waals surface area contributed by atoms with E-state index in [0.717, 1.165) is 0 Å². The Morgan fingerprint density at radius 2 is 1.86 bits per heavy atom. The molecule has 7 heteroatoms. The van der Waals surface area contributed by atoms with Gasteiger partial charge in [-0.1, -0.05) is 0 Å². The van der Waals surface area contributed by atoms with Crippen molar-refractivity contribution in [3.63, 3.8) is 0 Å². The Kier molecular flexibility index (Phi) is 4.92. The Morgan fingerprint density at radius 3 is 2.45 bits per heavy atom. The predicted molar refractivity (Wildman–Crippen MR) is 74.5 cm³/mol. The van der Waals surface area contributed by atoms with E-state index in [-0.39, 0.29) is 11.3 Å². The fourth-order valence-corrected chi connectivity index (χ4v) is 1.57. The van der Waals surface area contributed by atoms with Crippen molar-refractivity contribution in [1.29, 1.82) is 0 Å². The average molecular weight is 303 g/mol. The van der Waals surface area contributed by atoms with Crippen molar-refractivity contribution in [1.82, 2.24) is 5.32 Å². The molecule has 2 aromatic rings. The van der Waals surface area contributed by atoms with Crippen LogP contribution in [-0.2, 0) is 9.53 Å². The predicted octanol–water partition coefficient (Wildman–Crippen LogP) is 1.40. The van der Waals surface area contributed by atoms with Crippen molar-refractivity contribution < 1.29 is 28.3 Å². The summed E-state index contributed by atoms with van der Waals surface area (Å²) < 4.78 is 14.5. The summed E-state index contributed by atoms with van der Waals surface area (Å²) in [5.74, 6) is -1.54. The van der Waals surface area contributed by atoms with E-state index in [9.17, 15) is 14.4 Å². The molecule has 1 aromatic heterocycles. The molecule has 2 rings (SSSR count). The molecule has 0 fully saturated rings. The number of carbonyl (C=O) groups excluding carboxylic acids is 3. The average Bonchev–Trinajstić information content (AvgIpc) is 3.07. The normalized spacial score (nSPS) is 9.86. The van der Waals surface area contributed by atoms with Crippen LogP contribution in [0.15, 0.2) is 47.1 Å². The van der Waals surface area contributed by atoms with E-state index < -0.39 is 24.4 Å². The molecule has 7 nitrogen and oxygen atoms in total. The van der Waals surface area contributed by atoms with Crippen LogP contribution in [0.3, 0.4) is 0 Å². The Hall–Kier alpha value is -3.09. The minimum Gasteiger partial charge on any atom is -0.497 e. The maximum atomic E-state index is 11.8. The van der Waals surface area contributed by atoms with Crippen LogP contribution in [0.2, 0.25) is 0 Å². The fourth-order valence-electron chi connectivity index (χ4n) is 1.57. The molecule has 0 atom stereocenters. The number of ether oxygens (including phenoxy) is 2. The Labute approximate surface area is 125 Å². The summed E-state index contributed by atoms with van der Waals surface area (Å²) in [5, 5.41) is 2.11. The topological polar surface area (TPSA) is 94.8 Å². The van der Waals surface area contributed by atoms with Gasteiger partial charge in [-0.05, 0) is 36.4 Å². The van der Waals surface area contributed by atoms with E-state index in [1.807, 2.05) is 0 Å². The van der Waals surface area contributed by atoms with Crippen molar-refractivity contribution in [3.8, 4) is 5.75 Å². The third-order valence-electron chi connectivity index (χ3n) is 2.66. The standard InChI is InChI=1S/C15H13NO6/c1-20-11-6-4-10(5-7-11)14(18)16-13(17)9-22-15(19)12-3-2-8-21-12/h2-8H,9H2,1H3,(H,16,17,18). The largest absolute Gasteiger partial charge is 0.497 e. The lowest BCUT2D eigenvalue weighted by Crippen LogP contribution is -2.34. The van der Waals surface area contributed by atoms with Gasteiger partial charge in [0.25, 0.3) is 11.8 Å². The third-order valence-corrected chi connectivity index (χ3v) is 2.66. The van der Waals surface area contributed by atoms with Crippen molar-refractivity contribution >= 4 is 17.8 Å². The van der Waals surface area contributed by atoms with Crippen molar-refractivity contribution in [2.45, 2.75) is 0 Å². The first-order chi connectivity index (χ1) is 10.6. The molecule has 22 heavy (non-hydrogen) atoms. The molecule has 0 aliphatic heterocycles. The van der Waals surface area contributed by atoms with Gasteiger partial charge in [-0.3, -0.25) is 14.9 Å². The zero-order valence-electron chi connectivity index (χ0n) is 11.7. The summed E-state index contributed by atoms with van der Waals surface area (Å²) >= 11 is 0. The maximum Gasteiger partial charge on any atom is 0.374 e. The number of hydrogen-bond donors (Lipinski definition) is 1. The van der Waals surface area contributed by atoms with Crippen LogP contribution in [-0.4, -0.2) is 31.5 Å². The van der Waals surface area contributed by atoms with Crippen LogP contribution in [0.25, 0.3) is 0 Å². The lowest BCUT2D eigenvalue weighted by molar-refractivity contribution is -0.123. The summed E-state index contributed by atoms with van der Waals surface area (Å²) in [6.45, 7) is -0.582. The molecule has 0 aliphatic rings. The van der Waals surface area contributed by atoms with Gasteiger partial charge < -0.3 is 13.9 Å². The monoisotopic (exact) mass is 303 g/mol. The van der Waals surface area contributed by atoms with Crippen LogP contribution < -0.4 is 10.1 Å². The minimum absolute atomic E-state index is 0.0192. The van der Waals surface area contributed by atoms with Crippen LogP contribution in [0, 0.1) is 0 Å². The molecule has 1 N–H and O–H groups in total. The van der Waals surface area contributed by atoms with E-state index in [1.165, 1.54) is 37.6 Å². The fraction of sp³-hybridized carbons (Fsp3) is 0.133. The van der Waals surface area contributed by atoms with Crippen LogP contribution >= 0.6 is 0 Å². The Balaban J connectivity index is 1.83. The first-order valence-electron chi connectivity index (χ1n) is 6.29. The van der Waals surface area contributed by atoms with E-state index >= 15 is 0 Å². The van der Waals surface area contributed by atoms with Gasteiger partial charge in [0.1, 0.15) is 5.75 Å². The summed E-state index contributed by atoms with van der Waals surface area (Å²) in [7, 11) is 1.51. The number of amides is 2. The highest BCUT2D eigenvalue weighted by Gasteiger charge is 2.15. The van der Waals surface area contributed by atoms with Crippen LogP contribution in [0.1, 0.15) is 20.9 Å². The first-order valence-corrected chi connectivity index (χ1v) is 6.29. The maximum absolute atomic E-state index is 11.8. The number of furan rings is 1. The number of benzene rings is 1. The second-order valence-corrected chi connectivity index (χ2v) is 4.16. The van der Waals surface area contributed by atoms with Crippen molar-refractivity contribution in [2.24, 2.45) is 0 Å². The number of esters is 1. The molecule has 0 saturated carbocycles. The first kappa shape index (κ1) is 15.3. The molecule has 0 spiro atoms. The summed E-state index contributed by atoms with van der Waals surface area (Å²) in [6, 6.07) is 9.13. The molecule has 0 radical (unpaired) electrons. The lowest BCUT2D eigenvalue weighted by Gasteiger charge is -2.05. The third kappa shape index (κ3) is 3.95. The second kappa shape index (κ2) is 7.07. The molecular formula is C15H13NO6. The molecule has 0 unspecified atom stereocenters. The summed E-state index contributed by atoms with van der Waals surface area (Å²) in [4.78, 5) is 34.8. The van der Waals surface area contributed by atoms with Gasteiger partial charge in [-0.15, -0.1) is 0 Å². The highest BCUT2D eigenvalue weighted by molar-refractivity contribution is 6.05. The smallest absolute Gasteiger partial charge is 0.374 e. The molecule has 0 bridgehead atoms. The molecule has 2 amide bonds. The van der Waals surface area contributed by atoms with E-state index in [2.05, 4.69) is 5.32 Å². The molecule has 114 valence electrons. The van der Waals surface area contributed by atoms with Crippen LogP contribution in [0.4, 0.5) is 0 Å². The van der Waals surface area contributed by atoms with E-state index in [0.29, 0.717) is 5.75 Å². The number of nitrogens with one attached hydrogen (secondary N) is 1. The molecular weight excluding hydrogens is 290 g/mol. The SMILES string of the molecule is COc1ccc(C(=O)NC(=O)COC(=O)c2ccco2)cc1. The number of hydrogen-bond acceptors (Lipinski definition) is 6. The Bertz CT molecular complexity index is 660. The zero-order chi connectivity index (χ0) is 15.9. The highest BCUT2D eigenvalue weighted by atomic mass is 16.5. The van der Waals surface area contributed by atoms with Gasteiger partial charge in [0, 0.05) is 5.56 Å². The molecule has 0 saturated heterocycles. The molecule has 1 heterocycles. The van der Waals surface area contributed by atoms with Crippen molar-refractivity contribution in [2.75, 3.05) is 13.7 Å². The summed E-state index contributed by atoms with van der Waals surface area (Å²) in [6.07, 6.45) is 1.31. The number of imide groups is 1. The summed E-state index contributed by atoms with van der Waals surface area (Å²) in [5.41, 5.74) is 0.284. The molecule has 0 aliphatic carbocycles. The quantitative estimate of drug-likeness (QED) is 0.839.